The summed E-state index contributed by atoms with van der Waals surface area (Å²) >= 11 is 0. The molecule has 1 aliphatic heterocycles. The number of aromatic amines is 1. The van der Waals surface area contributed by atoms with Gasteiger partial charge < -0.3 is 5.32 Å². The van der Waals surface area contributed by atoms with E-state index in [9.17, 15) is 13.2 Å². The van der Waals surface area contributed by atoms with Crippen molar-refractivity contribution in [3.8, 4) is 0 Å². The predicted octanol–water partition coefficient (Wildman–Crippen LogP) is 1.73. The molecule has 0 saturated carbocycles. The third-order valence-corrected chi connectivity index (χ3v) is 6.98. The monoisotopic (exact) mass is 356 g/mol. The van der Waals surface area contributed by atoms with E-state index in [-0.39, 0.29) is 22.8 Å². The number of sulfonamides is 1. The molecule has 1 fully saturated rings. The Morgan fingerprint density at radius 1 is 1.29 bits per heavy atom. The molecule has 0 aliphatic carbocycles. The molecule has 0 radical (unpaired) electrons. The van der Waals surface area contributed by atoms with E-state index in [1.807, 2.05) is 13.8 Å². The average molecular weight is 356 g/mol. The zero-order chi connectivity index (χ0) is 17.9. The molecule has 24 heavy (non-hydrogen) atoms. The fraction of sp³-hybridized carbons (Fsp3) is 0.750. The molecule has 0 atom stereocenters. The Kier molecular flexibility index (Phi) is 6.03. The molecule has 2 N–H and O–H groups in total. The lowest BCUT2D eigenvalue weighted by molar-refractivity contribution is -0.126. The van der Waals surface area contributed by atoms with Crippen LogP contribution in [0.15, 0.2) is 4.90 Å². The number of hydrogen-bond acceptors (Lipinski definition) is 4. The van der Waals surface area contributed by atoms with Crippen LogP contribution in [0.3, 0.4) is 0 Å². The summed E-state index contributed by atoms with van der Waals surface area (Å²) in [5.41, 5.74) is 1.06. The van der Waals surface area contributed by atoms with Crippen molar-refractivity contribution in [1.29, 1.82) is 0 Å². The van der Waals surface area contributed by atoms with Crippen LogP contribution in [-0.2, 0) is 14.8 Å². The van der Waals surface area contributed by atoms with Gasteiger partial charge in [0.05, 0.1) is 11.4 Å². The van der Waals surface area contributed by atoms with Gasteiger partial charge in [-0.1, -0.05) is 13.8 Å². The number of piperidine rings is 1. The van der Waals surface area contributed by atoms with Crippen LogP contribution >= 0.6 is 0 Å². The second-order valence-corrected chi connectivity index (χ2v) is 8.34. The van der Waals surface area contributed by atoms with Crippen LogP contribution in [0.5, 0.6) is 0 Å². The largest absolute Gasteiger partial charge is 0.353 e. The minimum Gasteiger partial charge on any atom is -0.353 e. The number of carbonyl (C=O) groups is 1. The highest BCUT2D eigenvalue weighted by Gasteiger charge is 2.33. The van der Waals surface area contributed by atoms with Gasteiger partial charge in [-0.25, -0.2) is 8.42 Å². The minimum atomic E-state index is -3.53. The molecule has 0 aromatic carbocycles. The van der Waals surface area contributed by atoms with Crippen molar-refractivity contribution in [3.63, 3.8) is 0 Å². The molecule has 7 nitrogen and oxygen atoms in total. The number of aryl methyl sites for hydroxylation is 2. The van der Waals surface area contributed by atoms with Gasteiger partial charge in [-0.2, -0.15) is 9.40 Å². The summed E-state index contributed by atoms with van der Waals surface area (Å²) < 4.78 is 27.1. The van der Waals surface area contributed by atoms with Gasteiger partial charge in [0.15, 0.2) is 0 Å². The van der Waals surface area contributed by atoms with Gasteiger partial charge in [0.25, 0.3) is 0 Å². The summed E-state index contributed by atoms with van der Waals surface area (Å²) in [7, 11) is -3.53. The van der Waals surface area contributed by atoms with Crippen LogP contribution in [-0.4, -0.2) is 48.0 Å². The summed E-state index contributed by atoms with van der Waals surface area (Å²) in [6.07, 6.45) is 2.94. The molecule has 1 aromatic heterocycles. The lowest BCUT2D eigenvalue weighted by Gasteiger charge is -2.32. The Balaban J connectivity index is 1.99. The smallest absolute Gasteiger partial charge is 0.246 e. The Morgan fingerprint density at radius 2 is 1.88 bits per heavy atom. The maximum Gasteiger partial charge on any atom is 0.246 e. The molecule has 1 aliphatic rings. The SMILES string of the molecule is CCC(CC)C(=O)NC1CCN(S(=O)(=O)c2c(C)n[nH]c2C)CC1. The van der Waals surface area contributed by atoms with Gasteiger partial charge in [-0.05, 0) is 39.5 Å². The third kappa shape index (κ3) is 3.80. The predicted molar refractivity (Wildman–Crippen MR) is 92.1 cm³/mol. The molecule has 1 amide bonds. The van der Waals surface area contributed by atoms with E-state index in [4.69, 9.17) is 0 Å². The molecule has 8 heteroatoms. The molecular weight excluding hydrogens is 328 g/mol. The summed E-state index contributed by atoms with van der Waals surface area (Å²) in [5.74, 6) is 0.130. The zero-order valence-corrected chi connectivity index (χ0v) is 15.7. The van der Waals surface area contributed by atoms with Gasteiger partial charge in [-0.15, -0.1) is 0 Å². The van der Waals surface area contributed by atoms with Crippen molar-refractivity contribution in [2.75, 3.05) is 13.1 Å². The van der Waals surface area contributed by atoms with Gasteiger partial charge >= 0.3 is 0 Å². The maximum atomic E-state index is 12.8. The van der Waals surface area contributed by atoms with E-state index in [0.29, 0.717) is 37.3 Å². The molecule has 1 aromatic rings. The average Bonchev–Trinajstić information content (AvgIpc) is 2.88. The summed E-state index contributed by atoms with van der Waals surface area (Å²) in [5, 5.41) is 9.78. The Labute approximate surface area is 144 Å². The van der Waals surface area contributed by atoms with Crippen molar-refractivity contribution in [2.24, 2.45) is 5.92 Å². The molecule has 0 unspecified atom stereocenters. The first kappa shape index (κ1) is 18.9. The lowest BCUT2D eigenvalue weighted by Crippen LogP contribution is -2.47. The van der Waals surface area contributed by atoms with Crippen molar-refractivity contribution >= 4 is 15.9 Å². The van der Waals surface area contributed by atoms with E-state index in [1.54, 1.807) is 13.8 Å². The van der Waals surface area contributed by atoms with Gasteiger partial charge in [0.2, 0.25) is 15.9 Å². The Bertz CT molecular complexity index is 652. The Morgan fingerprint density at radius 3 is 2.33 bits per heavy atom. The van der Waals surface area contributed by atoms with Crippen molar-refractivity contribution in [2.45, 2.75) is 64.3 Å². The topological polar surface area (TPSA) is 95.2 Å². The van der Waals surface area contributed by atoms with Crippen LogP contribution < -0.4 is 5.32 Å². The quantitative estimate of drug-likeness (QED) is 0.811. The zero-order valence-electron chi connectivity index (χ0n) is 14.9. The van der Waals surface area contributed by atoms with E-state index in [0.717, 1.165) is 12.8 Å². The maximum absolute atomic E-state index is 12.8. The molecule has 136 valence electrons. The van der Waals surface area contributed by atoms with Crippen molar-refractivity contribution in [3.05, 3.63) is 11.4 Å². The number of hydrogen-bond donors (Lipinski definition) is 2. The fourth-order valence-electron chi connectivity index (χ4n) is 3.27. The third-order valence-electron chi connectivity index (χ3n) is 4.82. The highest BCUT2D eigenvalue weighted by Crippen LogP contribution is 2.25. The van der Waals surface area contributed by atoms with Gasteiger partial charge in [-0.3, -0.25) is 9.89 Å². The highest BCUT2D eigenvalue weighted by atomic mass is 32.2. The fourth-order valence-corrected chi connectivity index (χ4v) is 5.07. The number of aromatic nitrogens is 2. The number of nitrogens with zero attached hydrogens (tertiary/aromatic N) is 2. The molecule has 2 rings (SSSR count). The minimum absolute atomic E-state index is 0.0444. The highest BCUT2D eigenvalue weighted by molar-refractivity contribution is 7.89. The molecule has 1 saturated heterocycles. The van der Waals surface area contributed by atoms with Crippen molar-refractivity contribution in [1.82, 2.24) is 19.8 Å². The lowest BCUT2D eigenvalue weighted by atomic mass is 10.0. The summed E-state index contributed by atoms with van der Waals surface area (Å²) in [6.45, 7) is 8.27. The first-order valence-electron chi connectivity index (χ1n) is 8.63. The molecular formula is C16H28N4O3S. The normalized spacial score (nSPS) is 17.4. The van der Waals surface area contributed by atoms with Gasteiger partial charge in [0.1, 0.15) is 4.90 Å². The molecule has 0 bridgehead atoms. The standard InChI is InChI=1S/C16H28N4O3S/c1-5-13(6-2)16(21)17-14-7-9-20(10-8-14)24(22,23)15-11(3)18-19-12(15)4/h13-14H,5-10H2,1-4H3,(H,17,21)(H,18,19). The first-order valence-corrected chi connectivity index (χ1v) is 10.1. The second-order valence-electron chi connectivity index (χ2n) is 6.46. The van der Waals surface area contributed by atoms with Crippen LogP contribution in [0, 0.1) is 19.8 Å². The summed E-state index contributed by atoms with van der Waals surface area (Å²) in [6, 6.07) is 0.0519. The Hall–Kier alpha value is -1.41. The van der Waals surface area contributed by atoms with E-state index >= 15 is 0 Å². The van der Waals surface area contributed by atoms with Crippen LogP contribution in [0.2, 0.25) is 0 Å². The van der Waals surface area contributed by atoms with E-state index < -0.39 is 10.0 Å². The van der Waals surface area contributed by atoms with E-state index in [1.165, 1.54) is 4.31 Å². The number of rotatable bonds is 6. The van der Waals surface area contributed by atoms with Crippen molar-refractivity contribution < 1.29 is 13.2 Å². The second kappa shape index (κ2) is 7.65. The van der Waals surface area contributed by atoms with Crippen LogP contribution in [0.25, 0.3) is 0 Å². The molecule has 2 heterocycles. The number of carbonyl (C=O) groups excluding carboxylic acids is 1. The number of amides is 1. The van der Waals surface area contributed by atoms with Gasteiger partial charge in [0, 0.05) is 25.0 Å². The molecule has 0 spiro atoms. The van der Waals surface area contributed by atoms with Crippen LogP contribution in [0.1, 0.15) is 50.9 Å². The summed E-state index contributed by atoms with van der Waals surface area (Å²) in [4.78, 5) is 12.5. The van der Waals surface area contributed by atoms with Crippen LogP contribution in [0.4, 0.5) is 0 Å². The number of nitrogens with one attached hydrogen (secondary N) is 2. The van der Waals surface area contributed by atoms with E-state index in [2.05, 4.69) is 15.5 Å². The number of H-pyrrole nitrogens is 1. The first-order chi connectivity index (χ1) is 11.3.